The van der Waals surface area contributed by atoms with Gasteiger partial charge in [0.25, 0.3) is 0 Å². The van der Waals surface area contributed by atoms with Gasteiger partial charge in [-0.3, -0.25) is 5.10 Å². The highest BCUT2D eigenvalue weighted by Crippen LogP contribution is 2.39. The maximum absolute atomic E-state index is 4.00. The number of aromatic amines is 1. The predicted octanol–water partition coefficient (Wildman–Crippen LogP) is 4.70. The van der Waals surface area contributed by atoms with Gasteiger partial charge in [0.2, 0.25) is 0 Å². The number of hydrogen-bond donors (Lipinski definition) is 2. The maximum atomic E-state index is 4.00. The van der Waals surface area contributed by atoms with Gasteiger partial charge in [0.1, 0.15) is 0 Å². The lowest BCUT2D eigenvalue weighted by atomic mass is 9.70. The van der Waals surface area contributed by atoms with Crippen LogP contribution in [0.4, 0.5) is 5.69 Å². The van der Waals surface area contributed by atoms with Crippen LogP contribution in [0, 0.1) is 11.3 Å². The highest BCUT2D eigenvalue weighted by molar-refractivity contribution is 5.62. The first-order chi connectivity index (χ1) is 10.0. The second kappa shape index (κ2) is 5.55. The zero-order chi connectivity index (χ0) is 14.9. The van der Waals surface area contributed by atoms with E-state index in [1.54, 1.807) is 6.20 Å². The van der Waals surface area contributed by atoms with E-state index in [1.807, 2.05) is 6.07 Å². The Hall–Kier alpha value is -1.77. The van der Waals surface area contributed by atoms with Crippen LogP contribution in [0.5, 0.6) is 0 Å². The summed E-state index contributed by atoms with van der Waals surface area (Å²) in [6.45, 7) is 7.15. The van der Waals surface area contributed by atoms with Crippen LogP contribution in [0.25, 0.3) is 11.3 Å². The molecule has 0 spiro atoms. The fourth-order valence-electron chi connectivity index (χ4n) is 3.85. The van der Waals surface area contributed by atoms with Gasteiger partial charge in [-0.05, 0) is 54.4 Å². The van der Waals surface area contributed by atoms with Gasteiger partial charge in [-0.25, -0.2) is 0 Å². The summed E-state index contributed by atoms with van der Waals surface area (Å²) in [5, 5.41) is 10.7. The zero-order valence-electron chi connectivity index (χ0n) is 13.2. The Morgan fingerprint density at radius 1 is 1.14 bits per heavy atom. The molecule has 0 saturated heterocycles. The SMILES string of the molecule is CC1CC(Nc2ccc(-c3ccn[nH]3)cc2)CC(C)(C)C1. The standard InChI is InChI=1S/C18H25N3/c1-13-10-16(12-18(2,3)11-13)20-15-6-4-14(5-7-15)17-8-9-19-21-17/h4-9,13,16,20H,10-12H2,1-3H3,(H,19,21). The molecule has 1 fully saturated rings. The first-order valence-electron chi connectivity index (χ1n) is 7.88. The molecule has 3 heteroatoms. The van der Waals surface area contributed by atoms with Gasteiger partial charge < -0.3 is 5.32 Å². The van der Waals surface area contributed by atoms with Crippen LogP contribution in [0.15, 0.2) is 36.5 Å². The molecular weight excluding hydrogens is 258 g/mol. The molecular formula is C18H25N3. The average molecular weight is 283 g/mol. The molecule has 1 aliphatic carbocycles. The summed E-state index contributed by atoms with van der Waals surface area (Å²) in [6.07, 6.45) is 5.64. The summed E-state index contributed by atoms with van der Waals surface area (Å²) < 4.78 is 0. The topological polar surface area (TPSA) is 40.7 Å². The Morgan fingerprint density at radius 2 is 1.90 bits per heavy atom. The van der Waals surface area contributed by atoms with Gasteiger partial charge in [0.15, 0.2) is 0 Å². The van der Waals surface area contributed by atoms with Crippen molar-refractivity contribution < 1.29 is 0 Å². The van der Waals surface area contributed by atoms with Crippen molar-refractivity contribution in [2.24, 2.45) is 11.3 Å². The smallest absolute Gasteiger partial charge is 0.0650 e. The summed E-state index contributed by atoms with van der Waals surface area (Å²) in [6, 6.07) is 11.2. The number of rotatable bonds is 3. The third-order valence-electron chi connectivity index (χ3n) is 4.45. The number of aromatic nitrogens is 2. The molecule has 1 aliphatic rings. The summed E-state index contributed by atoms with van der Waals surface area (Å²) in [4.78, 5) is 0. The largest absolute Gasteiger partial charge is 0.382 e. The molecule has 1 heterocycles. The lowest BCUT2D eigenvalue weighted by molar-refractivity contribution is 0.178. The van der Waals surface area contributed by atoms with E-state index in [1.165, 1.54) is 30.5 Å². The van der Waals surface area contributed by atoms with Crippen molar-refractivity contribution in [1.29, 1.82) is 0 Å². The van der Waals surface area contributed by atoms with Crippen LogP contribution < -0.4 is 5.32 Å². The molecule has 0 bridgehead atoms. The van der Waals surface area contributed by atoms with Crippen molar-refractivity contribution in [3.63, 3.8) is 0 Å². The number of nitrogens with one attached hydrogen (secondary N) is 2. The van der Waals surface area contributed by atoms with Crippen molar-refractivity contribution in [1.82, 2.24) is 10.2 Å². The third-order valence-corrected chi connectivity index (χ3v) is 4.45. The fourth-order valence-corrected chi connectivity index (χ4v) is 3.85. The first kappa shape index (κ1) is 14.2. The Morgan fingerprint density at radius 3 is 2.52 bits per heavy atom. The molecule has 2 unspecified atom stereocenters. The van der Waals surface area contributed by atoms with Crippen LogP contribution in [0.3, 0.4) is 0 Å². The molecule has 3 rings (SSSR count). The summed E-state index contributed by atoms with van der Waals surface area (Å²) >= 11 is 0. The molecule has 0 aliphatic heterocycles. The predicted molar refractivity (Wildman–Crippen MR) is 88.2 cm³/mol. The van der Waals surface area contributed by atoms with Gasteiger partial charge >= 0.3 is 0 Å². The van der Waals surface area contributed by atoms with Gasteiger partial charge in [-0.1, -0.05) is 32.9 Å². The van der Waals surface area contributed by atoms with Crippen LogP contribution in [0.2, 0.25) is 0 Å². The molecule has 3 nitrogen and oxygen atoms in total. The average Bonchev–Trinajstić information content (AvgIpc) is 2.91. The van der Waals surface area contributed by atoms with Crippen molar-refractivity contribution in [2.75, 3.05) is 5.32 Å². The van der Waals surface area contributed by atoms with Gasteiger partial charge in [-0.15, -0.1) is 0 Å². The van der Waals surface area contributed by atoms with E-state index in [4.69, 9.17) is 0 Å². The molecule has 21 heavy (non-hydrogen) atoms. The minimum atomic E-state index is 0.450. The van der Waals surface area contributed by atoms with Gasteiger partial charge in [0.05, 0.1) is 5.69 Å². The number of hydrogen-bond acceptors (Lipinski definition) is 2. The number of H-pyrrole nitrogens is 1. The summed E-state index contributed by atoms with van der Waals surface area (Å²) in [5.41, 5.74) is 3.91. The minimum absolute atomic E-state index is 0.450. The fraction of sp³-hybridized carbons (Fsp3) is 0.500. The van der Waals surface area contributed by atoms with Crippen molar-refractivity contribution >= 4 is 5.69 Å². The van der Waals surface area contributed by atoms with E-state index in [2.05, 4.69) is 60.6 Å². The maximum Gasteiger partial charge on any atom is 0.0650 e. The molecule has 0 amide bonds. The Labute approximate surface area is 127 Å². The van der Waals surface area contributed by atoms with Gasteiger partial charge in [0, 0.05) is 17.9 Å². The zero-order valence-corrected chi connectivity index (χ0v) is 13.2. The Kier molecular flexibility index (Phi) is 3.75. The van der Waals surface area contributed by atoms with Crippen LogP contribution in [-0.4, -0.2) is 16.2 Å². The monoisotopic (exact) mass is 283 g/mol. The summed E-state index contributed by atoms with van der Waals surface area (Å²) in [7, 11) is 0. The van der Waals surface area contributed by atoms with Crippen molar-refractivity contribution in [3.05, 3.63) is 36.5 Å². The number of nitrogens with zero attached hydrogens (tertiary/aromatic N) is 1. The van der Waals surface area contributed by atoms with Crippen molar-refractivity contribution in [2.45, 2.75) is 46.1 Å². The molecule has 1 saturated carbocycles. The normalized spacial score (nSPS) is 24.7. The summed E-state index contributed by atoms with van der Waals surface area (Å²) in [5.74, 6) is 0.801. The molecule has 1 aromatic heterocycles. The number of benzene rings is 1. The van der Waals surface area contributed by atoms with Crippen LogP contribution in [-0.2, 0) is 0 Å². The lowest BCUT2D eigenvalue weighted by Gasteiger charge is -2.39. The molecule has 2 atom stereocenters. The molecule has 112 valence electrons. The Balaban J connectivity index is 1.68. The molecule has 1 aromatic carbocycles. The van der Waals surface area contributed by atoms with E-state index in [0.717, 1.165) is 11.6 Å². The lowest BCUT2D eigenvalue weighted by Crippen LogP contribution is -2.35. The van der Waals surface area contributed by atoms with E-state index in [9.17, 15) is 0 Å². The molecule has 0 radical (unpaired) electrons. The van der Waals surface area contributed by atoms with Gasteiger partial charge in [-0.2, -0.15) is 5.10 Å². The van der Waals surface area contributed by atoms with Crippen LogP contribution in [0.1, 0.15) is 40.0 Å². The second-order valence-electron chi connectivity index (χ2n) is 7.30. The quantitative estimate of drug-likeness (QED) is 0.857. The van der Waals surface area contributed by atoms with E-state index >= 15 is 0 Å². The van der Waals surface area contributed by atoms with E-state index in [0.29, 0.717) is 11.5 Å². The highest BCUT2D eigenvalue weighted by Gasteiger charge is 2.31. The van der Waals surface area contributed by atoms with Crippen LogP contribution >= 0.6 is 0 Å². The van der Waals surface area contributed by atoms with Crippen molar-refractivity contribution in [3.8, 4) is 11.3 Å². The van der Waals surface area contributed by atoms with E-state index < -0.39 is 0 Å². The third kappa shape index (κ3) is 3.46. The highest BCUT2D eigenvalue weighted by atomic mass is 15.1. The minimum Gasteiger partial charge on any atom is -0.382 e. The Bertz CT molecular complexity index is 569. The number of anilines is 1. The molecule has 2 N–H and O–H groups in total. The van der Waals surface area contributed by atoms with E-state index in [-0.39, 0.29) is 0 Å². The second-order valence-corrected chi connectivity index (χ2v) is 7.30. The molecule has 2 aromatic rings. The first-order valence-corrected chi connectivity index (χ1v) is 7.88.